The summed E-state index contributed by atoms with van der Waals surface area (Å²) in [4.78, 5) is 16.8. The molecule has 7 nitrogen and oxygen atoms in total. The van der Waals surface area contributed by atoms with Gasteiger partial charge in [-0.05, 0) is 61.7 Å². The van der Waals surface area contributed by atoms with Gasteiger partial charge >= 0.3 is 0 Å². The Kier molecular flexibility index (Phi) is 7.96. The number of carbonyl (C=O) groups is 1. The van der Waals surface area contributed by atoms with Crippen LogP contribution >= 0.6 is 0 Å². The highest BCUT2D eigenvalue weighted by atomic mass is 19.1. The Morgan fingerprint density at radius 3 is 2.78 bits per heavy atom. The number of nitrogens with zero attached hydrogens (tertiary/aromatic N) is 3. The van der Waals surface area contributed by atoms with Gasteiger partial charge in [-0.15, -0.1) is 0 Å². The lowest BCUT2D eigenvalue weighted by Crippen LogP contribution is -2.38. The molecule has 0 aliphatic rings. The molecule has 1 unspecified atom stereocenters. The molecule has 0 bridgehead atoms. The Balaban J connectivity index is 1.63. The molecule has 0 spiro atoms. The van der Waals surface area contributed by atoms with Crippen LogP contribution < -0.4 is 16.0 Å². The average Bonchev–Trinajstić information content (AvgIpc) is 3.27. The number of halogens is 1. The molecular formula is C24H29FN6O. The van der Waals surface area contributed by atoms with Gasteiger partial charge in [-0.2, -0.15) is 5.10 Å². The second kappa shape index (κ2) is 11.1. The van der Waals surface area contributed by atoms with E-state index >= 15 is 0 Å². The molecule has 1 heterocycles. The average molecular weight is 437 g/mol. The first-order valence-electron chi connectivity index (χ1n) is 10.6. The van der Waals surface area contributed by atoms with Crippen LogP contribution in [0.15, 0.2) is 65.9 Å². The van der Waals surface area contributed by atoms with Gasteiger partial charge < -0.3 is 16.0 Å². The van der Waals surface area contributed by atoms with E-state index in [9.17, 15) is 9.18 Å². The number of anilines is 1. The molecular weight excluding hydrogens is 407 g/mol. The quantitative estimate of drug-likeness (QED) is 0.371. The van der Waals surface area contributed by atoms with Gasteiger partial charge in [-0.25, -0.2) is 9.38 Å². The number of nitrogens with one attached hydrogen (secondary N) is 3. The van der Waals surface area contributed by atoms with Gasteiger partial charge in [0.15, 0.2) is 5.96 Å². The van der Waals surface area contributed by atoms with Gasteiger partial charge in [0.05, 0.1) is 12.6 Å². The van der Waals surface area contributed by atoms with E-state index in [1.165, 1.54) is 0 Å². The molecule has 0 aliphatic carbocycles. The monoisotopic (exact) mass is 436 g/mol. The molecule has 3 N–H and O–H groups in total. The number of guanidine groups is 1. The van der Waals surface area contributed by atoms with Crippen molar-refractivity contribution < 1.29 is 9.18 Å². The van der Waals surface area contributed by atoms with Gasteiger partial charge in [0.1, 0.15) is 12.4 Å². The lowest BCUT2D eigenvalue weighted by atomic mass is 10.1. The zero-order valence-corrected chi connectivity index (χ0v) is 18.6. The summed E-state index contributed by atoms with van der Waals surface area (Å²) in [5, 5.41) is 13.5. The summed E-state index contributed by atoms with van der Waals surface area (Å²) < 4.78 is 15.5. The van der Waals surface area contributed by atoms with Gasteiger partial charge in [0, 0.05) is 24.6 Å². The number of benzene rings is 2. The minimum absolute atomic E-state index is 0.115. The maximum Gasteiger partial charge on any atom is 0.246 e. The van der Waals surface area contributed by atoms with Crippen molar-refractivity contribution >= 4 is 17.6 Å². The van der Waals surface area contributed by atoms with Crippen molar-refractivity contribution in [2.75, 3.05) is 11.9 Å². The molecule has 168 valence electrons. The fourth-order valence-electron chi connectivity index (χ4n) is 3.15. The van der Waals surface area contributed by atoms with Crippen LogP contribution in [0.2, 0.25) is 0 Å². The molecule has 0 aliphatic heterocycles. The molecule has 32 heavy (non-hydrogen) atoms. The maximum atomic E-state index is 13.9. The van der Waals surface area contributed by atoms with E-state index in [0.717, 1.165) is 11.1 Å². The van der Waals surface area contributed by atoms with Gasteiger partial charge in [-0.1, -0.05) is 24.3 Å². The predicted molar refractivity (Wildman–Crippen MR) is 125 cm³/mol. The first kappa shape index (κ1) is 23.0. The minimum atomic E-state index is -0.218. The van der Waals surface area contributed by atoms with E-state index in [1.54, 1.807) is 42.2 Å². The highest BCUT2D eigenvalue weighted by Gasteiger charge is 2.10. The first-order chi connectivity index (χ1) is 15.4. The smallest absolute Gasteiger partial charge is 0.246 e. The molecule has 1 aromatic heterocycles. The second-order valence-corrected chi connectivity index (χ2v) is 7.52. The van der Waals surface area contributed by atoms with Gasteiger partial charge in [0.25, 0.3) is 0 Å². The Morgan fingerprint density at radius 1 is 1.22 bits per heavy atom. The largest absolute Gasteiger partial charge is 0.357 e. The fraction of sp³-hybridized carbons (Fsp3) is 0.292. The van der Waals surface area contributed by atoms with Crippen LogP contribution in [0.25, 0.3) is 0 Å². The van der Waals surface area contributed by atoms with Crippen LogP contribution in [0.5, 0.6) is 0 Å². The van der Waals surface area contributed by atoms with Crippen molar-refractivity contribution in [1.82, 2.24) is 20.4 Å². The third kappa shape index (κ3) is 6.66. The summed E-state index contributed by atoms with van der Waals surface area (Å²) in [6, 6.07) is 14.5. The fourth-order valence-corrected chi connectivity index (χ4v) is 3.15. The summed E-state index contributed by atoms with van der Waals surface area (Å²) in [5.41, 5.74) is 3.13. The SMILES string of the molecule is CCNC(=NCc1cccc(NC(=O)Cn2cccn2)c1)NC(C)c1ccc(C)c(F)c1. The van der Waals surface area contributed by atoms with Gasteiger partial charge in [0.2, 0.25) is 5.91 Å². The number of aliphatic imine (C=N–C) groups is 1. The number of hydrogen-bond acceptors (Lipinski definition) is 3. The Morgan fingerprint density at radius 2 is 2.06 bits per heavy atom. The van der Waals surface area contributed by atoms with E-state index in [4.69, 9.17) is 0 Å². The number of carbonyl (C=O) groups excluding carboxylic acids is 1. The lowest BCUT2D eigenvalue weighted by molar-refractivity contribution is -0.116. The maximum absolute atomic E-state index is 13.9. The van der Waals surface area contributed by atoms with E-state index in [2.05, 4.69) is 26.0 Å². The molecule has 0 saturated carbocycles. The number of aryl methyl sites for hydroxylation is 1. The zero-order valence-electron chi connectivity index (χ0n) is 18.6. The first-order valence-corrected chi connectivity index (χ1v) is 10.6. The Labute approximate surface area is 187 Å². The van der Waals surface area contributed by atoms with E-state index in [0.29, 0.717) is 30.3 Å². The molecule has 3 rings (SSSR count). The molecule has 0 saturated heterocycles. The molecule has 8 heteroatoms. The second-order valence-electron chi connectivity index (χ2n) is 7.52. The van der Waals surface area contributed by atoms with Crippen LogP contribution in [-0.4, -0.2) is 28.2 Å². The van der Waals surface area contributed by atoms with Gasteiger partial charge in [-0.3, -0.25) is 9.48 Å². The summed E-state index contributed by atoms with van der Waals surface area (Å²) in [5.74, 6) is 0.266. The van der Waals surface area contributed by atoms with Crippen LogP contribution in [0.4, 0.5) is 10.1 Å². The Hall–Kier alpha value is -3.68. The normalized spacial score (nSPS) is 12.3. The summed E-state index contributed by atoms with van der Waals surface area (Å²) in [6.07, 6.45) is 3.38. The van der Waals surface area contributed by atoms with E-state index < -0.39 is 0 Å². The highest BCUT2D eigenvalue weighted by Crippen LogP contribution is 2.16. The zero-order chi connectivity index (χ0) is 22.9. The topological polar surface area (TPSA) is 83.3 Å². The van der Waals surface area contributed by atoms with Crippen molar-refractivity contribution in [2.24, 2.45) is 4.99 Å². The molecule has 3 aromatic rings. The van der Waals surface area contributed by atoms with Crippen LogP contribution in [0.1, 0.15) is 36.6 Å². The summed E-state index contributed by atoms with van der Waals surface area (Å²) in [7, 11) is 0. The van der Waals surface area contributed by atoms with Crippen LogP contribution in [0.3, 0.4) is 0 Å². The third-order valence-corrected chi connectivity index (χ3v) is 4.89. The molecule has 1 amide bonds. The molecule has 1 atom stereocenters. The highest BCUT2D eigenvalue weighted by molar-refractivity contribution is 5.90. The summed E-state index contributed by atoms with van der Waals surface area (Å²) >= 11 is 0. The number of aromatic nitrogens is 2. The van der Waals surface area contributed by atoms with E-state index in [-0.39, 0.29) is 24.3 Å². The van der Waals surface area contributed by atoms with Crippen molar-refractivity contribution in [3.8, 4) is 0 Å². The molecule has 0 fully saturated rings. The number of amides is 1. The Bertz CT molecular complexity index is 1060. The van der Waals surface area contributed by atoms with Crippen LogP contribution in [0, 0.1) is 12.7 Å². The number of hydrogen-bond donors (Lipinski definition) is 3. The standard InChI is InChI=1S/C24H29FN6O/c1-4-26-24(29-18(3)20-10-9-17(2)22(25)14-20)27-15-19-7-5-8-21(13-19)30-23(32)16-31-12-6-11-28-31/h5-14,18H,4,15-16H2,1-3H3,(H,30,32)(H2,26,27,29). The molecule has 2 aromatic carbocycles. The molecule has 0 radical (unpaired) electrons. The van der Waals surface area contributed by atoms with Crippen molar-refractivity contribution in [3.05, 3.63) is 83.4 Å². The summed E-state index contributed by atoms with van der Waals surface area (Å²) in [6.45, 7) is 6.98. The minimum Gasteiger partial charge on any atom is -0.357 e. The van der Waals surface area contributed by atoms with Crippen molar-refractivity contribution in [3.63, 3.8) is 0 Å². The van der Waals surface area contributed by atoms with E-state index in [1.807, 2.05) is 44.2 Å². The predicted octanol–water partition coefficient (Wildman–Crippen LogP) is 3.79. The van der Waals surface area contributed by atoms with Crippen LogP contribution in [-0.2, 0) is 17.9 Å². The third-order valence-electron chi connectivity index (χ3n) is 4.89. The van der Waals surface area contributed by atoms with Crippen molar-refractivity contribution in [2.45, 2.75) is 39.9 Å². The number of rotatable bonds is 8. The lowest BCUT2D eigenvalue weighted by Gasteiger charge is -2.18. The van der Waals surface area contributed by atoms with Crippen molar-refractivity contribution in [1.29, 1.82) is 0 Å².